The Morgan fingerprint density at radius 2 is 2.14 bits per heavy atom. The Morgan fingerprint density at radius 1 is 1.45 bits per heavy atom. The first-order chi connectivity index (χ1) is 10.3. The Bertz CT molecular complexity index is 721. The molecule has 0 spiro atoms. The maximum atomic E-state index is 13.0. The predicted molar refractivity (Wildman–Crippen MR) is 73.0 cm³/mol. The summed E-state index contributed by atoms with van der Waals surface area (Å²) >= 11 is 0. The number of anilines is 1. The second-order valence-electron chi connectivity index (χ2n) is 4.55. The van der Waals surface area contributed by atoms with Crippen molar-refractivity contribution in [2.75, 3.05) is 12.4 Å². The lowest BCUT2D eigenvalue weighted by atomic mass is 10.2. The Balaban J connectivity index is 2.32. The van der Waals surface area contributed by atoms with Crippen LogP contribution in [0.4, 0.5) is 14.5 Å². The van der Waals surface area contributed by atoms with Crippen LogP contribution in [-0.2, 0) is 11.8 Å². The molecule has 0 aromatic carbocycles. The molecule has 0 fully saturated rings. The highest BCUT2D eigenvalue weighted by molar-refractivity contribution is 6.08. The number of methoxy groups -OCH3 is 1. The van der Waals surface area contributed by atoms with Crippen LogP contribution in [0.2, 0.25) is 0 Å². The number of rotatable bonds is 4. The standard InChI is InChI=1S/C13H14F2N4O3/c1-6-4-8(9(17-6)13(21)22-3)18-12(20)7-5-16-19(2)10(7)11(14)15/h4-5,11,17H,1-3H3,(H,18,20). The molecule has 2 aromatic heterocycles. The van der Waals surface area contributed by atoms with Crippen molar-refractivity contribution in [3.63, 3.8) is 0 Å². The summed E-state index contributed by atoms with van der Waals surface area (Å²) in [6.45, 7) is 1.68. The molecule has 118 valence electrons. The summed E-state index contributed by atoms with van der Waals surface area (Å²) in [5.41, 5.74) is 0.0433. The van der Waals surface area contributed by atoms with Crippen molar-refractivity contribution in [2.45, 2.75) is 13.3 Å². The minimum Gasteiger partial charge on any atom is -0.464 e. The minimum absolute atomic E-state index is 0.0378. The fourth-order valence-corrected chi connectivity index (χ4v) is 2.02. The third-order valence-electron chi connectivity index (χ3n) is 3.03. The summed E-state index contributed by atoms with van der Waals surface area (Å²) in [4.78, 5) is 26.5. The van der Waals surface area contributed by atoms with Gasteiger partial charge >= 0.3 is 5.97 Å². The van der Waals surface area contributed by atoms with Gasteiger partial charge in [-0.25, -0.2) is 13.6 Å². The van der Waals surface area contributed by atoms with E-state index in [0.29, 0.717) is 5.69 Å². The van der Waals surface area contributed by atoms with Crippen LogP contribution in [0.25, 0.3) is 0 Å². The van der Waals surface area contributed by atoms with Gasteiger partial charge in [0.05, 0.1) is 24.6 Å². The Morgan fingerprint density at radius 3 is 2.73 bits per heavy atom. The lowest BCUT2D eigenvalue weighted by Crippen LogP contribution is -2.16. The molecule has 0 saturated carbocycles. The number of nitrogens with zero attached hydrogens (tertiary/aromatic N) is 2. The molecule has 0 aliphatic carbocycles. The maximum Gasteiger partial charge on any atom is 0.356 e. The van der Waals surface area contributed by atoms with Gasteiger partial charge in [-0.15, -0.1) is 0 Å². The second-order valence-corrected chi connectivity index (χ2v) is 4.55. The smallest absolute Gasteiger partial charge is 0.356 e. The highest BCUT2D eigenvalue weighted by Gasteiger charge is 2.25. The summed E-state index contributed by atoms with van der Waals surface area (Å²) in [6.07, 6.45) is -1.80. The number of halogens is 2. The average Bonchev–Trinajstić information content (AvgIpc) is 3.01. The van der Waals surface area contributed by atoms with Gasteiger partial charge in [0.1, 0.15) is 11.4 Å². The summed E-state index contributed by atoms with van der Waals surface area (Å²) in [5.74, 6) is -1.46. The molecule has 2 N–H and O–H groups in total. The first kappa shape index (κ1) is 15.7. The molecule has 0 saturated heterocycles. The van der Waals surface area contributed by atoms with Gasteiger partial charge in [-0.1, -0.05) is 0 Å². The highest BCUT2D eigenvalue weighted by Crippen LogP contribution is 2.24. The highest BCUT2D eigenvalue weighted by atomic mass is 19.3. The molecule has 1 amide bonds. The van der Waals surface area contributed by atoms with Crippen LogP contribution in [-0.4, -0.2) is 33.8 Å². The number of carbonyl (C=O) groups is 2. The van der Waals surface area contributed by atoms with E-state index in [1.165, 1.54) is 20.2 Å². The molecular formula is C13H14F2N4O3. The molecule has 9 heteroatoms. The number of esters is 1. The molecule has 0 radical (unpaired) electrons. The molecule has 0 aliphatic rings. The van der Waals surface area contributed by atoms with Crippen molar-refractivity contribution < 1.29 is 23.1 Å². The number of aryl methyl sites for hydroxylation is 2. The van der Waals surface area contributed by atoms with Crippen LogP contribution in [0.1, 0.15) is 38.7 Å². The number of carbonyl (C=O) groups excluding carboxylic acids is 2. The Labute approximate surface area is 124 Å². The monoisotopic (exact) mass is 312 g/mol. The van der Waals surface area contributed by atoms with E-state index in [9.17, 15) is 18.4 Å². The van der Waals surface area contributed by atoms with Crippen LogP contribution in [0.3, 0.4) is 0 Å². The van der Waals surface area contributed by atoms with Crippen molar-refractivity contribution >= 4 is 17.6 Å². The summed E-state index contributed by atoms with van der Waals surface area (Å²) in [5, 5.41) is 6.07. The van der Waals surface area contributed by atoms with Crippen molar-refractivity contribution in [3.8, 4) is 0 Å². The normalized spacial score (nSPS) is 10.8. The first-order valence-corrected chi connectivity index (χ1v) is 6.24. The van der Waals surface area contributed by atoms with E-state index < -0.39 is 24.0 Å². The van der Waals surface area contributed by atoms with Crippen molar-refractivity contribution in [3.05, 3.63) is 34.9 Å². The van der Waals surface area contributed by atoms with E-state index in [1.54, 1.807) is 6.92 Å². The zero-order valence-electron chi connectivity index (χ0n) is 12.1. The maximum absolute atomic E-state index is 13.0. The molecule has 22 heavy (non-hydrogen) atoms. The Hall–Kier alpha value is -2.71. The average molecular weight is 312 g/mol. The Kier molecular flexibility index (Phi) is 4.25. The summed E-state index contributed by atoms with van der Waals surface area (Å²) in [6, 6.07) is 1.50. The number of aromatic nitrogens is 3. The van der Waals surface area contributed by atoms with E-state index >= 15 is 0 Å². The molecule has 2 aromatic rings. The van der Waals surface area contributed by atoms with E-state index in [4.69, 9.17) is 0 Å². The van der Waals surface area contributed by atoms with E-state index in [2.05, 4.69) is 20.1 Å². The third-order valence-corrected chi connectivity index (χ3v) is 3.03. The van der Waals surface area contributed by atoms with Crippen molar-refractivity contribution in [2.24, 2.45) is 7.05 Å². The van der Waals surface area contributed by atoms with Gasteiger partial charge in [-0.2, -0.15) is 5.10 Å². The topological polar surface area (TPSA) is 89.0 Å². The number of hydrogen-bond acceptors (Lipinski definition) is 4. The zero-order chi connectivity index (χ0) is 16.4. The van der Waals surface area contributed by atoms with E-state index in [0.717, 1.165) is 10.9 Å². The van der Waals surface area contributed by atoms with Crippen LogP contribution >= 0.6 is 0 Å². The number of amides is 1. The zero-order valence-corrected chi connectivity index (χ0v) is 12.1. The number of ether oxygens (including phenoxy) is 1. The van der Waals surface area contributed by atoms with E-state index in [-0.39, 0.29) is 16.9 Å². The quantitative estimate of drug-likeness (QED) is 0.845. The van der Waals surface area contributed by atoms with Gasteiger partial charge in [0.2, 0.25) is 0 Å². The van der Waals surface area contributed by atoms with Crippen molar-refractivity contribution in [1.29, 1.82) is 0 Å². The van der Waals surface area contributed by atoms with Gasteiger partial charge in [-0.3, -0.25) is 9.48 Å². The summed E-state index contributed by atoms with van der Waals surface area (Å²) in [7, 11) is 2.51. The summed E-state index contributed by atoms with van der Waals surface area (Å²) < 4.78 is 31.5. The molecule has 0 aliphatic heterocycles. The number of hydrogen-bond donors (Lipinski definition) is 2. The number of nitrogens with one attached hydrogen (secondary N) is 2. The molecule has 0 bridgehead atoms. The fourth-order valence-electron chi connectivity index (χ4n) is 2.02. The molecular weight excluding hydrogens is 298 g/mol. The number of alkyl halides is 2. The van der Waals surface area contributed by atoms with Crippen LogP contribution < -0.4 is 5.32 Å². The number of H-pyrrole nitrogens is 1. The molecule has 2 heterocycles. The van der Waals surface area contributed by atoms with Gasteiger partial charge in [0.15, 0.2) is 0 Å². The minimum atomic E-state index is -2.85. The number of aromatic amines is 1. The second kappa shape index (κ2) is 5.96. The van der Waals surface area contributed by atoms with Crippen molar-refractivity contribution in [1.82, 2.24) is 14.8 Å². The van der Waals surface area contributed by atoms with Crippen LogP contribution in [0, 0.1) is 6.92 Å². The predicted octanol–water partition coefficient (Wildman–Crippen LogP) is 2.03. The van der Waals surface area contributed by atoms with Crippen LogP contribution in [0.15, 0.2) is 12.3 Å². The molecule has 7 nitrogen and oxygen atoms in total. The third kappa shape index (κ3) is 2.83. The molecule has 0 atom stereocenters. The largest absolute Gasteiger partial charge is 0.464 e. The van der Waals surface area contributed by atoms with Gasteiger partial charge in [0, 0.05) is 12.7 Å². The SMILES string of the molecule is COC(=O)c1[nH]c(C)cc1NC(=O)c1cnn(C)c1C(F)F. The first-order valence-electron chi connectivity index (χ1n) is 6.24. The fraction of sp³-hybridized carbons (Fsp3) is 0.308. The van der Waals surface area contributed by atoms with Gasteiger partial charge in [0.25, 0.3) is 12.3 Å². The van der Waals surface area contributed by atoms with Gasteiger partial charge in [-0.05, 0) is 13.0 Å². The lowest BCUT2D eigenvalue weighted by Gasteiger charge is -2.07. The molecule has 0 unspecified atom stereocenters. The molecule has 2 rings (SSSR count). The van der Waals surface area contributed by atoms with Gasteiger partial charge < -0.3 is 15.0 Å². The lowest BCUT2D eigenvalue weighted by molar-refractivity contribution is 0.0596. The van der Waals surface area contributed by atoms with E-state index in [1.807, 2.05) is 0 Å². The van der Waals surface area contributed by atoms with Crippen LogP contribution in [0.5, 0.6) is 0 Å².